The number of aliphatic hydroxyl groups excluding tert-OH is 1. The van der Waals surface area contributed by atoms with Crippen LogP contribution in [0.2, 0.25) is 10.0 Å². The molecule has 2 aromatic rings. The zero-order chi connectivity index (χ0) is 13.8. The van der Waals surface area contributed by atoms with Crippen molar-refractivity contribution >= 4 is 23.2 Å². The summed E-state index contributed by atoms with van der Waals surface area (Å²) < 4.78 is 0. The first kappa shape index (κ1) is 13.9. The van der Waals surface area contributed by atoms with Gasteiger partial charge in [-0.05, 0) is 29.3 Å². The van der Waals surface area contributed by atoms with Gasteiger partial charge in [0.25, 0.3) is 0 Å². The van der Waals surface area contributed by atoms with Gasteiger partial charge in [-0.2, -0.15) is 5.26 Å². The second-order valence-electron chi connectivity index (χ2n) is 4.17. The SMILES string of the molecule is N#Cc1cccc(C(O)Cc2cccc(Cl)c2Cl)c1. The van der Waals surface area contributed by atoms with E-state index in [2.05, 4.69) is 0 Å². The minimum absolute atomic E-state index is 0.355. The van der Waals surface area contributed by atoms with Crippen LogP contribution in [0.15, 0.2) is 42.5 Å². The molecule has 0 spiro atoms. The first-order valence-corrected chi connectivity index (χ1v) is 6.48. The van der Waals surface area contributed by atoms with E-state index in [1.54, 1.807) is 36.4 Å². The highest BCUT2D eigenvalue weighted by Gasteiger charge is 2.12. The standard InChI is InChI=1S/C15H11Cl2NO/c16-13-6-2-5-12(15(13)17)8-14(19)11-4-1-3-10(7-11)9-18/h1-7,14,19H,8H2. The van der Waals surface area contributed by atoms with Crippen molar-refractivity contribution < 1.29 is 5.11 Å². The van der Waals surface area contributed by atoms with Gasteiger partial charge in [-0.3, -0.25) is 0 Å². The summed E-state index contributed by atoms with van der Waals surface area (Å²) in [7, 11) is 0. The largest absolute Gasteiger partial charge is 0.388 e. The van der Waals surface area contributed by atoms with Gasteiger partial charge in [-0.1, -0.05) is 47.5 Å². The Morgan fingerprint density at radius 1 is 1.16 bits per heavy atom. The average Bonchev–Trinajstić information content (AvgIpc) is 2.44. The maximum Gasteiger partial charge on any atom is 0.0991 e. The fourth-order valence-corrected chi connectivity index (χ4v) is 2.24. The van der Waals surface area contributed by atoms with Gasteiger partial charge in [0, 0.05) is 6.42 Å². The van der Waals surface area contributed by atoms with Crippen LogP contribution in [0.25, 0.3) is 0 Å². The van der Waals surface area contributed by atoms with E-state index in [1.165, 1.54) is 0 Å². The van der Waals surface area contributed by atoms with E-state index in [1.807, 2.05) is 12.1 Å². The van der Waals surface area contributed by atoms with Gasteiger partial charge in [0.1, 0.15) is 0 Å². The quantitative estimate of drug-likeness (QED) is 0.924. The highest BCUT2D eigenvalue weighted by atomic mass is 35.5. The van der Waals surface area contributed by atoms with Crippen LogP contribution in [0.1, 0.15) is 22.8 Å². The normalized spacial score (nSPS) is 11.9. The van der Waals surface area contributed by atoms with Crippen molar-refractivity contribution in [1.82, 2.24) is 0 Å². The fraction of sp³-hybridized carbons (Fsp3) is 0.133. The second-order valence-corrected chi connectivity index (χ2v) is 4.96. The summed E-state index contributed by atoms with van der Waals surface area (Å²) >= 11 is 12.0. The number of nitriles is 1. The van der Waals surface area contributed by atoms with Crippen LogP contribution >= 0.6 is 23.2 Å². The van der Waals surface area contributed by atoms with Gasteiger partial charge in [0.05, 0.1) is 27.8 Å². The lowest BCUT2D eigenvalue weighted by Crippen LogP contribution is -2.02. The van der Waals surface area contributed by atoms with Crippen LogP contribution < -0.4 is 0 Å². The van der Waals surface area contributed by atoms with Gasteiger partial charge in [0.15, 0.2) is 0 Å². The maximum absolute atomic E-state index is 10.2. The summed E-state index contributed by atoms with van der Waals surface area (Å²) in [6.45, 7) is 0. The second kappa shape index (κ2) is 6.08. The van der Waals surface area contributed by atoms with Crippen LogP contribution in [0.3, 0.4) is 0 Å². The molecular weight excluding hydrogens is 281 g/mol. The lowest BCUT2D eigenvalue weighted by atomic mass is 10.00. The monoisotopic (exact) mass is 291 g/mol. The van der Waals surface area contributed by atoms with E-state index in [4.69, 9.17) is 28.5 Å². The van der Waals surface area contributed by atoms with Gasteiger partial charge < -0.3 is 5.11 Å². The zero-order valence-corrected chi connectivity index (χ0v) is 11.5. The molecule has 0 aliphatic heterocycles. The molecule has 0 fully saturated rings. The van der Waals surface area contributed by atoms with E-state index < -0.39 is 6.10 Å². The molecule has 1 atom stereocenters. The van der Waals surface area contributed by atoms with Crippen LogP contribution in [0, 0.1) is 11.3 Å². The van der Waals surface area contributed by atoms with Crippen molar-refractivity contribution in [2.75, 3.05) is 0 Å². The van der Waals surface area contributed by atoms with E-state index in [0.29, 0.717) is 27.6 Å². The van der Waals surface area contributed by atoms with Crippen molar-refractivity contribution in [2.45, 2.75) is 12.5 Å². The summed E-state index contributed by atoms with van der Waals surface area (Å²) in [6, 6.07) is 14.3. The molecule has 0 radical (unpaired) electrons. The van der Waals surface area contributed by atoms with Crippen molar-refractivity contribution in [1.29, 1.82) is 5.26 Å². The highest BCUT2D eigenvalue weighted by molar-refractivity contribution is 6.42. The third-order valence-corrected chi connectivity index (χ3v) is 3.70. The maximum atomic E-state index is 10.2. The first-order chi connectivity index (χ1) is 9.11. The number of nitrogens with zero attached hydrogens (tertiary/aromatic N) is 1. The van der Waals surface area contributed by atoms with Crippen molar-refractivity contribution in [2.24, 2.45) is 0 Å². The number of rotatable bonds is 3. The Morgan fingerprint density at radius 3 is 2.63 bits per heavy atom. The molecule has 0 bridgehead atoms. The molecule has 0 saturated carbocycles. The minimum atomic E-state index is -0.718. The molecule has 0 aliphatic rings. The molecule has 19 heavy (non-hydrogen) atoms. The molecule has 96 valence electrons. The molecule has 0 amide bonds. The summed E-state index contributed by atoms with van der Waals surface area (Å²) in [6.07, 6.45) is -0.363. The lowest BCUT2D eigenvalue weighted by molar-refractivity contribution is 0.178. The predicted molar refractivity (Wildman–Crippen MR) is 76.3 cm³/mol. The molecule has 2 aromatic carbocycles. The lowest BCUT2D eigenvalue weighted by Gasteiger charge is -2.13. The average molecular weight is 292 g/mol. The summed E-state index contributed by atoms with van der Waals surface area (Å²) in [5, 5.41) is 20.0. The fourth-order valence-electron chi connectivity index (χ4n) is 1.85. The third-order valence-electron chi connectivity index (χ3n) is 2.85. The molecular formula is C15H11Cl2NO. The number of benzene rings is 2. The zero-order valence-electron chi connectivity index (χ0n) is 9.98. The topological polar surface area (TPSA) is 44.0 Å². The molecule has 0 heterocycles. The number of halogens is 2. The van der Waals surface area contributed by atoms with Crippen molar-refractivity contribution in [3.05, 3.63) is 69.2 Å². The van der Waals surface area contributed by atoms with Crippen molar-refractivity contribution in [3.63, 3.8) is 0 Å². The molecule has 0 aromatic heterocycles. The van der Waals surface area contributed by atoms with E-state index in [9.17, 15) is 5.11 Å². The molecule has 2 rings (SSSR count). The summed E-state index contributed by atoms with van der Waals surface area (Å²) in [5.41, 5.74) is 1.99. The molecule has 0 saturated heterocycles. The van der Waals surface area contributed by atoms with Crippen LogP contribution in [0.4, 0.5) is 0 Å². The Morgan fingerprint density at radius 2 is 1.89 bits per heavy atom. The molecule has 0 aliphatic carbocycles. The molecule has 1 N–H and O–H groups in total. The Kier molecular flexibility index (Phi) is 4.44. The van der Waals surface area contributed by atoms with Crippen LogP contribution in [-0.2, 0) is 6.42 Å². The Hall–Kier alpha value is -1.53. The molecule has 4 heteroatoms. The third kappa shape index (κ3) is 3.27. The highest BCUT2D eigenvalue weighted by Crippen LogP contribution is 2.29. The number of hydrogen-bond donors (Lipinski definition) is 1. The van der Waals surface area contributed by atoms with Crippen molar-refractivity contribution in [3.8, 4) is 6.07 Å². The molecule has 1 unspecified atom stereocenters. The minimum Gasteiger partial charge on any atom is -0.388 e. The molecule has 2 nitrogen and oxygen atoms in total. The van der Waals surface area contributed by atoms with Gasteiger partial charge in [0.2, 0.25) is 0 Å². The Labute approximate surface area is 121 Å². The van der Waals surface area contributed by atoms with Gasteiger partial charge in [-0.15, -0.1) is 0 Å². The summed E-state index contributed by atoms with van der Waals surface area (Å²) in [4.78, 5) is 0. The van der Waals surface area contributed by atoms with Gasteiger partial charge >= 0.3 is 0 Å². The van der Waals surface area contributed by atoms with Crippen LogP contribution in [0.5, 0.6) is 0 Å². The smallest absolute Gasteiger partial charge is 0.0991 e. The Balaban J connectivity index is 2.23. The predicted octanol–water partition coefficient (Wildman–Crippen LogP) is 4.14. The number of aliphatic hydroxyl groups is 1. The first-order valence-electron chi connectivity index (χ1n) is 5.73. The Bertz CT molecular complexity index is 634. The van der Waals surface area contributed by atoms with Crippen LogP contribution in [-0.4, -0.2) is 5.11 Å². The van der Waals surface area contributed by atoms with E-state index in [0.717, 1.165) is 5.56 Å². The van der Waals surface area contributed by atoms with E-state index in [-0.39, 0.29) is 0 Å². The van der Waals surface area contributed by atoms with Gasteiger partial charge in [-0.25, -0.2) is 0 Å². The van der Waals surface area contributed by atoms with E-state index >= 15 is 0 Å². The summed E-state index contributed by atoms with van der Waals surface area (Å²) in [5.74, 6) is 0. The number of hydrogen-bond acceptors (Lipinski definition) is 2.